The summed E-state index contributed by atoms with van der Waals surface area (Å²) in [5.74, 6) is 0. The smallest absolute Gasteiger partial charge is 0.0612 e. The Hall–Kier alpha value is -1.74. The average molecular weight is 329 g/mol. The fourth-order valence-electron chi connectivity index (χ4n) is 3.12. The molecule has 0 aliphatic carbocycles. The number of rotatable bonds is 2. The number of H-pyrrole nitrogens is 1. The average Bonchev–Trinajstić information content (AvgIpc) is 3.10. The van der Waals surface area contributed by atoms with Crippen LogP contribution < -0.4 is 5.32 Å². The Labute approximate surface area is 139 Å². The number of aromatic nitrogens is 1. The fraction of sp³-hybridized carbons (Fsp3) is 0.111. The van der Waals surface area contributed by atoms with E-state index in [1.807, 2.05) is 42.5 Å². The summed E-state index contributed by atoms with van der Waals surface area (Å²) < 4.78 is 0. The normalized spacial score (nSPS) is 16.7. The second kappa shape index (κ2) is 5.47. The number of nitrogens with one attached hydrogen (secondary N) is 2. The third-order valence-electron chi connectivity index (χ3n) is 4.18. The summed E-state index contributed by atoms with van der Waals surface area (Å²) in [5.41, 5.74) is 5.73. The molecule has 2 nitrogen and oxygen atoms in total. The summed E-state index contributed by atoms with van der Waals surface area (Å²) in [7, 11) is 0. The van der Waals surface area contributed by atoms with Crippen molar-refractivity contribution in [2.45, 2.75) is 12.6 Å². The molecule has 110 valence electrons. The van der Waals surface area contributed by atoms with Gasteiger partial charge in [-0.25, -0.2) is 0 Å². The zero-order valence-electron chi connectivity index (χ0n) is 11.7. The number of hydrogen-bond donors (Lipinski definition) is 2. The van der Waals surface area contributed by atoms with Crippen LogP contribution in [0.5, 0.6) is 0 Å². The van der Waals surface area contributed by atoms with Gasteiger partial charge in [0.2, 0.25) is 0 Å². The summed E-state index contributed by atoms with van der Waals surface area (Å²) in [5, 5.41) is 5.08. The van der Waals surface area contributed by atoms with Gasteiger partial charge in [0.15, 0.2) is 0 Å². The van der Waals surface area contributed by atoms with Gasteiger partial charge in [0.05, 0.1) is 11.7 Å². The summed E-state index contributed by atoms with van der Waals surface area (Å²) in [6.07, 6.45) is 2.06. The van der Waals surface area contributed by atoms with Gasteiger partial charge in [0.1, 0.15) is 0 Å². The Morgan fingerprint density at radius 3 is 2.36 bits per heavy atom. The summed E-state index contributed by atoms with van der Waals surface area (Å²) in [6.45, 7) is 0.801. The topological polar surface area (TPSA) is 27.8 Å². The minimum Gasteiger partial charge on any atom is -0.361 e. The van der Waals surface area contributed by atoms with E-state index in [1.54, 1.807) is 0 Å². The second-order valence-corrected chi connectivity index (χ2v) is 6.23. The van der Waals surface area contributed by atoms with Crippen LogP contribution in [0.1, 0.15) is 22.7 Å². The molecular weight excluding hydrogens is 315 g/mol. The van der Waals surface area contributed by atoms with Crippen molar-refractivity contribution in [3.63, 3.8) is 0 Å². The van der Waals surface area contributed by atoms with Crippen molar-refractivity contribution < 1.29 is 0 Å². The molecule has 0 saturated heterocycles. The first-order valence-corrected chi connectivity index (χ1v) is 7.94. The van der Waals surface area contributed by atoms with Gasteiger partial charge in [-0.3, -0.25) is 0 Å². The van der Waals surface area contributed by atoms with Crippen LogP contribution in [0.3, 0.4) is 0 Å². The van der Waals surface area contributed by atoms with Crippen LogP contribution in [0, 0.1) is 0 Å². The lowest BCUT2D eigenvalue weighted by Crippen LogP contribution is -2.14. The fourth-order valence-corrected chi connectivity index (χ4v) is 3.60. The lowest BCUT2D eigenvalue weighted by molar-refractivity contribution is 0.664. The van der Waals surface area contributed by atoms with E-state index in [9.17, 15) is 0 Å². The van der Waals surface area contributed by atoms with Gasteiger partial charge in [-0.2, -0.15) is 0 Å². The second-order valence-electron chi connectivity index (χ2n) is 5.41. The molecule has 22 heavy (non-hydrogen) atoms. The first kappa shape index (κ1) is 13.9. The molecule has 1 aliphatic heterocycles. The van der Waals surface area contributed by atoms with Crippen LogP contribution in [-0.4, -0.2) is 4.98 Å². The molecule has 0 saturated carbocycles. The first-order chi connectivity index (χ1) is 10.8. The molecule has 4 rings (SSSR count). The van der Waals surface area contributed by atoms with Crippen molar-refractivity contribution in [3.05, 3.63) is 81.5 Å². The molecule has 1 unspecified atom stereocenters. The van der Waals surface area contributed by atoms with Crippen LogP contribution in [0.4, 0.5) is 0 Å². The quantitative estimate of drug-likeness (QED) is 0.666. The van der Waals surface area contributed by atoms with E-state index in [2.05, 4.69) is 22.6 Å². The number of benzene rings is 2. The van der Waals surface area contributed by atoms with E-state index in [4.69, 9.17) is 23.2 Å². The van der Waals surface area contributed by atoms with Crippen LogP contribution in [0.25, 0.3) is 11.3 Å². The van der Waals surface area contributed by atoms with Crippen LogP contribution in [-0.2, 0) is 6.54 Å². The van der Waals surface area contributed by atoms with Crippen molar-refractivity contribution in [1.82, 2.24) is 10.3 Å². The highest BCUT2D eigenvalue weighted by Gasteiger charge is 2.29. The van der Waals surface area contributed by atoms with Crippen LogP contribution >= 0.6 is 23.2 Å². The largest absolute Gasteiger partial charge is 0.361 e. The van der Waals surface area contributed by atoms with Gasteiger partial charge in [-0.1, -0.05) is 59.6 Å². The molecule has 1 aromatic heterocycles. The Kier molecular flexibility index (Phi) is 3.45. The van der Waals surface area contributed by atoms with E-state index in [0.717, 1.165) is 33.4 Å². The van der Waals surface area contributed by atoms with Gasteiger partial charge >= 0.3 is 0 Å². The molecule has 0 fully saturated rings. The predicted molar refractivity (Wildman–Crippen MR) is 91.4 cm³/mol. The van der Waals surface area contributed by atoms with E-state index in [-0.39, 0.29) is 6.04 Å². The van der Waals surface area contributed by atoms with Crippen molar-refractivity contribution in [3.8, 4) is 11.3 Å². The maximum Gasteiger partial charge on any atom is 0.0612 e. The van der Waals surface area contributed by atoms with Gasteiger partial charge in [0, 0.05) is 28.4 Å². The first-order valence-electron chi connectivity index (χ1n) is 7.18. The molecule has 2 aromatic carbocycles. The Morgan fingerprint density at radius 2 is 1.59 bits per heavy atom. The van der Waals surface area contributed by atoms with E-state index >= 15 is 0 Å². The van der Waals surface area contributed by atoms with Gasteiger partial charge < -0.3 is 10.3 Å². The maximum absolute atomic E-state index is 6.35. The molecule has 3 aromatic rings. The van der Waals surface area contributed by atoms with Gasteiger partial charge in [-0.05, 0) is 28.8 Å². The standard InChI is InChI=1S/C18H14Cl2N2/c19-15-7-3-1-5-11(15)17-13-9-22-18(14(13)10-21-17)12-6-2-4-8-16(12)20/h1-9,17,21-22H,10H2. The highest BCUT2D eigenvalue weighted by Crippen LogP contribution is 2.40. The molecule has 0 amide bonds. The number of fused-ring (bicyclic) bond motifs is 1. The molecule has 1 aliphatic rings. The Morgan fingerprint density at radius 1 is 0.864 bits per heavy atom. The summed E-state index contributed by atoms with van der Waals surface area (Å²) in [6, 6.07) is 16.0. The third-order valence-corrected chi connectivity index (χ3v) is 4.85. The highest BCUT2D eigenvalue weighted by atomic mass is 35.5. The molecule has 2 heterocycles. The minimum absolute atomic E-state index is 0.121. The monoisotopic (exact) mass is 328 g/mol. The molecular formula is C18H14Cl2N2. The summed E-state index contributed by atoms with van der Waals surface area (Å²) in [4.78, 5) is 3.39. The minimum atomic E-state index is 0.121. The molecule has 4 heteroatoms. The lowest BCUT2D eigenvalue weighted by Gasteiger charge is -2.13. The van der Waals surface area contributed by atoms with Crippen LogP contribution in [0.2, 0.25) is 10.0 Å². The lowest BCUT2D eigenvalue weighted by atomic mass is 10.00. The molecule has 1 atom stereocenters. The van der Waals surface area contributed by atoms with Crippen molar-refractivity contribution in [2.24, 2.45) is 0 Å². The number of hydrogen-bond acceptors (Lipinski definition) is 1. The number of halogens is 2. The van der Waals surface area contributed by atoms with Crippen molar-refractivity contribution in [2.75, 3.05) is 0 Å². The Balaban J connectivity index is 1.80. The zero-order valence-corrected chi connectivity index (χ0v) is 13.2. The zero-order chi connectivity index (χ0) is 15.1. The molecule has 2 N–H and O–H groups in total. The van der Waals surface area contributed by atoms with E-state index < -0.39 is 0 Å². The van der Waals surface area contributed by atoms with E-state index in [0.29, 0.717) is 0 Å². The van der Waals surface area contributed by atoms with Crippen molar-refractivity contribution in [1.29, 1.82) is 0 Å². The Bertz CT molecular complexity index is 839. The molecule has 0 bridgehead atoms. The van der Waals surface area contributed by atoms with Crippen LogP contribution in [0.15, 0.2) is 54.7 Å². The van der Waals surface area contributed by atoms with Gasteiger partial charge in [0.25, 0.3) is 0 Å². The van der Waals surface area contributed by atoms with Gasteiger partial charge in [-0.15, -0.1) is 0 Å². The molecule has 0 radical (unpaired) electrons. The summed E-state index contributed by atoms with van der Waals surface area (Å²) >= 11 is 12.7. The highest BCUT2D eigenvalue weighted by molar-refractivity contribution is 6.33. The predicted octanol–water partition coefficient (Wildman–Crippen LogP) is 5.18. The molecule has 0 spiro atoms. The maximum atomic E-state index is 6.35. The van der Waals surface area contributed by atoms with Crippen molar-refractivity contribution >= 4 is 23.2 Å². The number of aromatic amines is 1. The third kappa shape index (κ3) is 2.15. The SMILES string of the molecule is Clc1ccccc1-c1[nH]cc2c1CNC2c1ccccc1Cl. The van der Waals surface area contributed by atoms with E-state index in [1.165, 1.54) is 11.1 Å².